The van der Waals surface area contributed by atoms with Gasteiger partial charge in [-0.1, -0.05) is 0 Å². The van der Waals surface area contributed by atoms with Gasteiger partial charge in [0.05, 0.1) is 4.92 Å². The number of piperidine rings is 1. The molecule has 1 saturated heterocycles. The van der Waals surface area contributed by atoms with E-state index >= 15 is 0 Å². The van der Waals surface area contributed by atoms with Crippen molar-refractivity contribution in [1.82, 2.24) is 9.88 Å². The molecule has 0 spiro atoms. The largest absolute Gasteiger partial charge is 0.393 e. The summed E-state index contributed by atoms with van der Waals surface area (Å²) in [7, 11) is 0. The highest BCUT2D eigenvalue weighted by atomic mass is 19.1. The molecule has 0 saturated carbocycles. The summed E-state index contributed by atoms with van der Waals surface area (Å²) in [5.41, 5.74) is 12.1. The SMILES string of the molecule is Nc1ncc(C2CCN(Cc3cc(F)ccc3F)CC2)c(N)c1[N+](=O)[O-]. The summed E-state index contributed by atoms with van der Waals surface area (Å²) in [6.45, 7) is 1.59. The Morgan fingerprint density at radius 1 is 1.27 bits per heavy atom. The Hall–Kier alpha value is -2.81. The third kappa shape index (κ3) is 3.57. The number of nitrogens with two attached hydrogens (primary N) is 2. The summed E-state index contributed by atoms with van der Waals surface area (Å²) in [5.74, 6) is -1.09. The highest BCUT2D eigenvalue weighted by Crippen LogP contribution is 2.38. The van der Waals surface area contributed by atoms with Crippen molar-refractivity contribution in [2.75, 3.05) is 24.6 Å². The number of rotatable bonds is 4. The van der Waals surface area contributed by atoms with Crippen LogP contribution < -0.4 is 11.5 Å². The van der Waals surface area contributed by atoms with Gasteiger partial charge in [0, 0.05) is 23.9 Å². The van der Waals surface area contributed by atoms with E-state index in [0.29, 0.717) is 43.6 Å². The number of nitrogen functional groups attached to an aromatic ring is 2. The van der Waals surface area contributed by atoms with Crippen molar-refractivity contribution in [3.05, 3.63) is 57.3 Å². The molecule has 1 aromatic heterocycles. The fraction of sp³-hybridized carbons (Fsp3) is 0.353. The van der Waals surface area contributed by atoms with E-state index in [2.05, 4.69) is 4.98 Å². The van der Waals surface area contributed by atoms with Gasteiger partial charge in [-0.3, -0.25) is 15.0 Å². The van der Waals surface area contributed by atoms with Gasteiger partial charge in [-0.05, 0) is 50.0 Å². The van der Waals surface area contributed by atoms with Gasteiger partial charge in [0.2, 0.25) is 5.82 Å². The normalized spacial score (nSPS) is 15.9. The number of anilines is 2. The van der Waals surface area contributed by atoms with Crippen LogP contribution in [0.25, 0.3) is 0 Å². The molecule has 1 aliphatic heterocycles. The van der Waals surface area contributed by atoms with Crippen LogP contribution in [0.4, 0.5) is 26.0 Å². The number of likely N-dealkylation sites (tertiary alicyclic amines) is 1. The zero-order chi connectivity index (χ0) is 18.8. The maximum atomic E-state index is 13.8. The van der Waals surface area contributed by atoms with Crippen LogP contribution in [0.1, 0.15) is 29.9 Å². The molecule has 26 heavy (non-hydrogen) atoms. The highest BCUT2D eigenvalue weighted by Gasteiger charge is 2.28. The average Bonchev–Trinajstić information content (AvgIpc) is 2.59. The summed E-state index contributed by atoms with van der Waals surface area (Å²) in [5, 5.41) is 11.1. The lowest BCUT2D eigenvalue weighted by Crippen LogP contribution is -2.33. The smallest absolute Gasteiger partial charge is 0.334 e. The van der Waals surface area contributed by atoms with Gasteiger partial charge in [0.1, 0.15) is 17.3 Å². The summed E-state index contributed by atoms with van der Waals surface area (Å²) < 4.78 is 27.1. The monoisotopic (exact) mass is 363 g/mol. The van der Waals surface area contributed by atoms with Crippen molar-refractivity contribution in [2.24, 2.45) is 0 Å². The van der Waals surface area contributed by atoms with E-state index in [1.807, 2.05) is 4.90 Å². The first-order chi connectivity index (χ1) is 12.4. The van der Waals surface area contributed by atoms with Gasteiger partial charge in [-0.25, -0.2) is 13.8 Å². The van der Waals surface area contributed by atoms with E-state index in [-0.39, 0.29) is 23.1 Å². The lowest BCUT2D eigenvalue weighted by atomic mass is 9.89. The van der Waals surface area contributed by atoms with Crippen LogP contribution in [-0.2, 0) is 6.54 Å². The lowest BCUT2D eigenvalue weighted by Gasteiger charge is -2.32. The minimum atomic E-state index is -0.622. The highest BCUT2D eigenvalue weighted by molar-refractivity contribution is 5.72. The van der Waals surface area contributed by atoms with Gasteiger partial charge in [-0.2, -0.15) is 0 Å². The van der Waals surface area contributed by atoms with E-state index in [4.69, 9.17) is 11.5 Å². The number of hydrogen-bond donors (Lipinski definition) is 2. The molecule has 0 aliphatic carbocycles. The number of hydrogen-bond acceptors (Lipinski definition) is 6. The third-order valence-corrected chi connectivity index (χ3v) is 4.76. The number of halogens is 2. The van der Waals surface area contributed by atoms with Crippen molar-refractivity contribution in [3.8, 4) is 0 Å². The van der Waals surface area contributed by atoms with Crippen molar-refractivity contribution < 1.29 is 13.7 Å². The molecular formula is C17H19F2N5O2. The van der Waals surface area contributed by atoms with Gasteiger partial charge in [0.25, 0.3) is 0 Å². The molecule has 1 fully saturated rings. The van der Waals surface area contributed by atoms with E-state index in [9.17, 15) is 18.9 Å². The predicted molar refractivity (Wildman–Crippen MR) is 93.3 cm³/mol. The molecule has 0 amide bonds. The fourth-order valence-electron chi connectivity index (χ4n) is 3.37. The van der Waals surface area contributed by atoms with E-state index < -0.39 is 16.6 Å². The first kappa shape index (κ1) is 18.0. The molecular weight excluding hydrogens is 344 g/mol. The van der Waals surface area contributed by atoms with Crippen molar-refractivity contribution >= 4 is 17.2 Å². The standard InChI is InChI=1S/C17H19F2N5O2/c18-12-1-2-14(19)11(7-12)9-23-5-3-10(4-6-23)13-8-22-17(21)16(15(13)20)24(25)26/h1-2,7-8,10H,3-6,9H2,(H4,20,21,22). The Bertz CT molecular complexity index is 838. The van der Waals surface area contributed by atoms with Crippen molar-refractivity contribution in [1.29, 1.82) is 0 Å². The molecule has 138 valence electrons. The van der Waals surface area contributed by atoms with Gasteiger partial charge in [0.15, 0.2) is 0 Å². The number of pyridine rings is 1. The number of benzene rings is 1. The molecule has 7 nitrogen and oxygen atoms in total. The van der Waals surface area contributed by atoms with Gasteiger partial charge >= 0.3 is 5.69 Å². The third-order valence-electron chi connectivity index (χ3n) is 4.76. The number of aromatic nitrogens is 1. The topological polar surface area (TPSA) is 111 Å². The summed E-state index contributed by atoms with van der Waals surface area (Å²) >= 11 is 0. The average molecular weight is 363 g/mol. The molecule has 2 heterocycles. The maximum absolute atomic E-state index is 13.8. The zero-order valence-electron chi connectivity index (χ0n) is 14.0. The van der Waals surface area contributed by atoms with Crippen LogP contribution in [0.5, 0.6) is 0 Å². The second-order valence-electron chi connectivity index (χ2n) is 6.40. The molecule has 0 radical (unpaired) electrons. The Morgan fingerprint density at radius 2 is 1.96 bits per heavy atom. The molecule has 2 aromatic rings. The van der Waals surface area contributed by atoms with Crippen molar-refractivity contribution in [3.63, 3.8) is 0 Å². The maximum Gasteiger partial charge on any atom is 0.334 e. The number of nitrogens with zero attached hydrogens (tertiary/aromatic N) is 3. The van der Waals surface area contributed by atoms with Crippen LogP contribution in [0, 0.1) is 21.7 Å². The van der Waals surface area contributed by atoms with Crippen LogP contribution in [-0.4, -0.2) is 27.9 Å². The second kappa shape index (κ2) is 7.20. The molecule has 1 aromatic carbocycles. The Balaban J connectivity index is 1.70. The van der Waals surface area contributed by atoms with E-state index in [1.54, 1.807) is 0 Å². The first-order valence-electron chi connectivity index (χ1n) is 8.21. The Kier molecular flexibility index (Phi) is 4.99. The van der Waals surface area contributed by atoms with E-state index in [0.717, 1.165) is 12.1 Å². The number of nitro groups is 1. The minimum Gasteiger partial charge on any atom is -0.393 e. The minimum absolute atomic E-state index is 0.00964. The molecule has 4 N–H and O–H groups in total. The van der Waals surface area contributed by atoms with Gasteiger partial charge in [-0.15, -0.1) is 0 Å². The van der Waals surface area contributed by atoms with Crippen molar-refractivity contribution in [2.45, 2.75) is 25.3 Å². The molecule has 9 heteroatoms. The molecule has 0 unspecified atom stereocenters. The van der Waals surface area contributed by atoms with Crippen LogP contribution in [0.2, 0.25) is 0 Å². The molecule has 3 rings (SSSR count). The Labute approximate surface area is 148 Å². The van der Waals surface area contributed by atoms with Crippen LogP contribution >= 0.6 is 0 Å². The summed E-state index contributed by atoms with van der Waals surface area (Å²) in [6.07, 6.45) is 2.86. The van der Waals surface area contributed by atoms with Crippen LogP contribution in [0.3, 0.4) is 0 Å². The fourth-order valence-corrected chi connectivity index (χ4v) is 3.37. The van der Waals surface area contributed by atoms with Gasteiger partial charge < -0.3 is 11.5 Å². The molecule has 0 bridgehead atoms. The summed E-state index contributed by atoms with van der Waals surface area (Å²) in [4.78, 5) is 16.4. The Morgan fingerprint density at radius 3 is 2.62 bits per heavy atom. The van der Waals surface area contributed by atoms with Crippen LogP contribution in [0.15, 0.2) is 24.4 Å². The quantitative estimate of drug-likeness (QED) is 0.638. The summed E-state index contributed by atoms with van der Waals surface area (Å²) in [6, 6.07) is 3.42. The second-order valence-corrected chi connectivity index (χ2v) is 6.40. The zero-order valence-corrected chi connectivity index (χ0v) is 14.0. The molecule has 1 aliphatic rings. The lowest BCUT2D eigenvalue weighted by molar-refractivity contribution is -0.383. The first-order valence-corrected chi connectivity index (χ1v) is 8.21. The predicted octanol–water partition coefficient (Wildman–Crippen LogP) is 2.81. The van der Waals surface area contributed by atoms with E-state index in [1.165, 1.54) is 12.3 Å². The molecule has 0 atom stereocenters.